The predicted molar refractivity (Wildman–Crippen MR) is 83.4 cm³/mol. The molecular formula is C18H19NO. The largest absolute Gasteiger partial charge is 0.497 e. The molecule has 2 heteroatoms. The fourth-order valence-electron chi connectivity index (χ4n) is 2.88. The third-order valence-corrected chi connectivity index (χ3v) is 3.90. The second-order valence-electron chi connectivity index (χ2n) is 5.03. The van der Waals surface area contributed by atoms with Crippen LogP contribution < -0.4 is 4.74 Å². The van der Waals surface area contributed by atoms with Gasteiger partial charge in [0.1, 0.15) is 5.75 Å². The Balaban J connectivity index is 2.09. The molecule has 3 aromatic rings. The van der Waals surface area contributed by atoms with E-state index in [4.69, 9.17) is 4.74 Å². The Labute approximate surface area is 119 Å². The first kappa shape index (κ1) is 12.8. The first-order valence-corrected chi connectivity index (χ1v) is 7.03. The molecule has 1 N–H and O–H groups in total. The van der Waals surface area contributed by atoms with E-state index in [2.05, 4.69) is 60.6 Å². The van der Waals surface area contributed by atoms with Crippen molar-refractivity contribution in [2.24, 2.45) is 0 Å². The van der Waals surface area contributed by atoms with Crippen LogP contribution in [-0.2, 0) is 0 Å². The van der Waals surface area contributed by atoms with Gasteiger partial charge in [-0.05, 0) is 35.7 Å². The maximum atomic E-state index is 5.35. The Morgan fingerprint density at radius 2 is 1.95 bits per heavy atom. The number of aromatic amines is 1. The van der Waals surface area contributed by atoms with Crippen LogP contribution in [0.2, 0.25) is 0 Å². The van der Waals surface area contributed by atoms with Gasteiger partial charge < -0.3 is 9.72 Å². The van der Waals surface area contributed by atoms with Gasteiger partial charge in [0.15, 0.2) is 0 Å². The number of hydrogen-bond donors (Lipinski definition) is 1. The molecule has 0 bridgehead atoms. The highest BCUT2D eigenvalue weighted by Crippen LogP contribution is 2.34. The third-order valence-electron chi connectivity index (χ3n) is 3.90. The van der Waals surface area contributed by atoms with Gasteiger partial charge in [0, 0.05) is 23.0 Å². The van der Waals surface area contributed by atoms with E-state index < -0.39 is 0 Å². The molecule has 0 aliphatic rings. The van der Waals surface area contributed by atoms with Gasteiger partial charge in [-0.15, -0.1) is 0 Å². The second kappa shape index (κ2) is 5.41. The van der Waals surface area contributed by atoms with E-state index in [-0.39, 0.29) is 0 Å². The second-order valence-corrected chi connectivity index (χ2v) is 5.03. The summed E-state index contributed by atoms with van der Waals surface area (Å²) >= 11 is 0. The molecule has 0 spiro atoms. The Bertz CT molecular complexity index is 714. The number of benzene rings is 2. The van der Waals surface area contributed by atoms with Crippen LogP contribution in [0.1, 0.15) is 30.4 Å². The van der Waals surface area contributed by atoms with Crippen molar-refractivity contribution >= 4 is 10.9 Å². The lowest BCUT2D eigenvalue weighted by molar-refractivity contribution is 0.414. The summed E-state index contributed by atoms with van der Waals surface area (Å²) in [7, 11) is 1.71. The van der Waals surface area contributed by atoms with Crippen molar-refractivity contribution in [2.45, 2.75) is 19.3 Å². The Kier molecular flexibility index (Phi) is 3.46. The molecule has 0 saturated heterocycles. The van der Waals surface area contributed by atoms with Crippen molar-refractivity contribution in [1.29, 1.82) is 0 Å². The van der Waals surface area contributed by atoms with Crippen molar-refractivity contribution in [3.05, 3.63) is 65.9 Å². The number of hydrogen-bond acceptors (Lipinski definition) is 1. The quantitative estimate of drug-likeness (QED) is 0.725. The lowest BCUT2D eigenvalue weighted by Crippen LogP contribution is -1.99. The molecule has 0 saturated carbocycles. The summed E-state index contributed by atoms with van der Waals surface area (Å²) in [5.74, 6) is 1.31. The van der Waals surface area contributed by atoms with E-state index in [1.807, 2.05) is 6.07 Å². The fourth-order valence-corrected chi connectivity index (χ4v) is 2.88. The number of ether oxygens (including phenoxy) is 1. The maximum Gasteiger partial charge on any atom is 0.119 e. The minimum Gasteiger partial charge on any atom is -0.497 e. The molecule has 2 aromatic carbocycles. The summed E-state index contributed by atoms with van der Waals surface area (Å²) in [6, 6.07) is 16.8. The highest BCUT2D eigenvalue weighted by Gasteiger charge is 2.16. The van der Waals surface area contributed by atoms with Gasteiger partial charge in [-0.2, -0.15) is 0 Å². The van der Waals surface area contributed by atoms with E-state index in [0.717, 1.165) is 12.2 Å². The van der Waals surface area contributed by atoms with Crippen LogP contribution in [0.5, 0.6) is 5.75 Å². The molecule has 20 heavy (non-hydrogen) atoms. The van der Waals surface area contributed by atoms with Crippen LogP contribution in [0, 0.1) is 0 Å². The smallest absolute Gasteiger partial charge is 0.119 e. The van der Waals surface area contributed by atoms with Crippen molar-refractivity contribution < 1.29 is 4.74 Å². The molecule has 0 radical (unpaired) electrons. The summed E-state index contributed by atoms with van der Waals surface area (Å²) in [5, 5.41) is 1.31. The minimum atomic E-state index is 0.390. The Hall–Kier alpha value is -2.22. The highest BCUT2D eigenvalue weighted by atomic mass is 16.5. The molecule has 0 amide bonds. The number of fused-ring (bicyclic) bond motifs is 1. The number of aromatic nitrogens is 1. The molecule has 0 aliphatic carbocycles. The number of nitrogens with one attached hydrogen (secondary N) is 1. The lowest BCUT2D eigenvalue weighted by atomic mass is 9.89. The van der Waals surface area contributed by atoms with E-state index in [1.165, 1.54) is 22.0 Å². The van der Waals surface area contributed by atoms with Crippen molar-refractivity contribution in [3.63, 3.8) is 0 Å². The van der Waals surface area contributed by atoms with Gasteiger partial charge in [-0.25, -0.2) is 0 Å². The number of methoxy groups -OCH3 is 1. The monoisotopic (exact) mass is 265 g/mol. The van der Waals surface area contributed by atoms with Gasteiger partial charge in [-0.1, -0.05) is 37.3 Å². The summed E-state index contributed by atoms with van der Waals surface area (Å²) in [6.45, 7) is 2.23. The fraction of sp³-hybridized carbons (Fsp3) is 0.222. The van der Waals surface area contributed by atoms with Crippen molar-refractivity contribution in [3.8, 4) is 5.75 Å². The standard InChI is InChI=1S/C18H19NO/c1-3-15(13-7-6-8-14(11-13)20-2)17-12-19-18-10-5-4-9-16(17)18/h4-12,15,19H,3H2,1-2H3. The molecule has 0 fully saturated rings. The van der Waals surface area contributed by atoms with E-state index in [1.54, 1.807) is 7.11 Å². The predicted octanol–water partition coefficient (Wildman–Crippen LogP) is 4.72. The molecule has 0 aliphatic heterocycles. The van der Waals surface area contributed by atoms with Gasteiger partial charge in [0.2, 0.25) is 0 Å². The van der Waals surface area contributed by atoms with Crippen LogP contribution in [0.15, 0.2) is 54.7 Å². The molecule has 1 heterocycles. The summed E-state index contributed by atoms with van der Waals surface area (Å²) < 4.78 is 5.35. The number of para-hydroxylation sites is 1. The van der Waals surface area contributed by atoms with Crippen LogP contribution in [0.25, 0.3) is 10.9 Å². The average molecular weight is 265 g/mol. The van der Waals surface area contributed by atoms with Crippen LogP contribution in [-0.4, -0.2) is 12.1 Å². The SMILES string of the molecule is CCC(c1cccc(OC)c1)c1c[nH]c2ccccc12. The normalized spacial score (nSPS) is 12.5. The molecule has 1 aromatic heterocycles. The minimum absolute atomic E-state index is 0.390. The summed E-state index contributed by atoms with van der Waals surface area (Å²) in [5.41, 5.74) is 3.86. The molecule has 102 valence electrons. The zero-order chi connectivity index (χ0) is 13.9. The number of H-pyrrole nitrogens is 1. The zero-order valence-electron chi connectivity index (χ0n) is 11.9. The molecular weight excluding hydrogens is 246 g/mol. The molecule has 1 atom stereocenters. The summed E-state index contributed by atoms with van der Waals surface area (Å²) in [4.78, 5) is 3.37. The molecule has 2 nitrogen and oxygen atoms in total. The summed E-state index contributed by atoms with van der Waals surface area (Å²) in [6.07, 6.45) is 3.20. The van der Waals surface area contributed by atoms with E-state index in [0.29, 0.717) is 5.92 Å². The van der Waals surface area contributed by atoms with Crippen molar-refractivity contribution in [1.82, 2.24) is 4.98 Å². The topological polar surface area (TPSA) is 25.0 Å². The first-order chi connectivity index (χ1) is 9.83. The molecule has 3 rings (SSSR count). The van der Waals surface area contributed by atoms with Crippen LogP contribution in [0.4, 0.5) is 0 Å². The van der Waals surface area contributed by atoms with E-state index in [9.17, 15) is 0 Å². The Morgan fingerprint density at radius 3 is 2.75 bits per heavy atom. The molecule has 1 unspecified atom stereocenters. The first-order valence-electron chi connectivity index (χ1n) is 7.03. The van der Waals surface area contributed by atoms with Gasteiger partial charge in [-0.3, -0.25) is 0 Å². The highest BCUT2D eigenvalue weighted by molar-refractivity contribution is 5.84. The lowest BCUT2D eigenvalue weighted by Gasteiger charge is -2.16. The van der Waals surface area contributed by atoms with Gasteiger partial charge >= 0.3 is 0 Å². The van der Waals surface area contributed by atoms with Gasteiger partial charge in [0.25, 0.3) is 0 Å². The average Bonchev–Trinajstić information content (AvgIpc) is 2.93. The van der Waals surface area contributed by atoms with Crippen molar-refractivity contribution in [2.75, 3.05) is 7.11 Å². The van der Waals surface area contributed by atoms with Gasteiger partial charge in [0.05, 0.1) is 7.11 Å². The maximum absolute atomic E-state index is 5.35. The van der Waals surface area contributed by atoms with Crippen LogP contribution >= 0.6 is 0 Å². The third kappa shape index (κ3) is 2.18. The Morgan fingerprint density at radius 1 is 1.10 bits per heavy atom. The van der Waals surface area contributed by atoms with E-state index >= 15 is 0 Å². The zero-order valence-corrected chi connectivity index (χ0v) is 11.9. The number of rotatable bonds is 4. The van der Waals surface area contributed by atoms with Crippen LogP contribution in [0.3, 0.4) is 0 Å².